The van der Waals surface area contributed by atoms with Crippen LogP contribution in [0.1, 0.15) is 0 Å². The van der Waals surface area contributed by atoms with Gasteiger partial charge in [-0.25, -0.2) is 18.1 Å². The molecule has 0 radical (unpaired) electrons. The van der Waals surface area contributed by atoms with Gasteiger partial charge in [-0.05, 0) is 24.3 Å². The monoisotopic (exact) mass is 448 g/mol. The normalized spacial score (nSPS) is 27.5. The predicted molar refractivity (Wildman–Crippen MR) is 115 cm³/mol. The quantitative estimate of drug-likeness (QED) is 0.528. The van der Waals surface area contributed by atoms with E-state index < -0.39 is 34.4 Å². The SMILES string of the molecule is O=S(=O)(NC[C@H]1O[C@@H](CO)[C@@H](O)[C@H]1N1CCN(c2ccccn2)CC1)c1ccccc1. The molecular weight excluding hydrogens is 420 g/mol. The van der Waals surface area contributed by atoms with Crippen LogP contribution >= 0.6 is 0 Å². The van der Waals surface area contributed by atoms with Gasteiger partial charge in [0.2, 0.25) is 10.0 Å². The molecule has 0 unspecified atom stereocenters. The Morgan fingerprint density at radius 2 is 1.74 bits per heavy atom. The van der Waals surface area contributed by atoms with Gasteiger partial charge in [0, 0.05) is 38.9 Å². The third-order valence-corrected chi connectivity index (χ3v) is 7.32. The van der Waals surface area contributed by atoms with Crippen LogP contribution < -0.4 is 9.62 Å². The summed E-state index contributed by atoms with van der Waals surface area (Å²) in [6, 6.07) is 13.5. The Bertz CT molecular complexity index is 939. The molecule has 2 saturated heterocycles. The zero-order valence-corrected chi connectivity index (χ0v) is 17.9. The number of benzene rings is 1. The first-order valence-corrected chi connectivity index (χ1v) is 11.9. The second-order valence-corrected chi connectivity index (χ2v) is 9.52. The molecule has 9 nitrogen and oxygen atoms in total. The van der Waals surface area contributed by atoms with E-state index in [0.717, 1.165) is 18.9 Å². The highest BCUT2D eigenvalue weighted by molar-refractivity contribution is 7.89. The van der Waals surface area contributed by atoms with Crippen molar-refractivity contribution in [2.45, 2.75) is 29.2 Å². The van der Waals surface area contributed by atoms with Gasteiger partial charge in [-0.3, -0.25) is 4.90 Å². The molecule has 0 amide bonds. The van der Waals surface area contributed by atoms with E-state index in [4.69, 9.17) is 4.74 Å². The second-order valence-electron chi connectivity index (χ2n) is 7.75. The lowest BCUT2D eigenvalue weighted by molar-refractivity contribution is -0.0201. The van der Waals surface area contributed by atoms with Crippen molar-refractivity contribution in [3.05, 3.63) is 54.7 Å². The first kappa shape index (κ1) is 22.1. The molecule has 4 atom stereocenters. The molecule has 2 aliphatic heterocycles. The summed E-state index contributed by atoms with van der Waals surface area (Å²) in [6.45, 7) is 2.48. The highest BCUT2D eigenvalue weighted by atomic mass is 32.2. The van der Waals surface area contributed by atoms with E-state index in [0.29, 0.717) is 13.1 Å². The zero-order chi connectivity index (χ0) is 21.8. The molecule has 1 aromatic carbocycles. The summed E-state index contributed by atoms with van der Waals surface area (Å²) in [5.74, 6) is 0.908. The highest BCUT2D eigenvalue weighted by Gasteiger charge is 2.47. The molecule has 10 heteroatoms. The van der Waals surface area contributed by atoms with E-state index in [9.17, 15) is 18.6 Å². The summed E-state index contributed by atoms with van der Waals surface area (Å²) in [5, 5.41) is 20.4. The Balaban J connectivity index is 1.42. The topological polar surface area (TPSA) is 115 Å². The summed E-state index contributed by atoms with van der Waals surface area (Å²) in [4.78, 5) is 8.85. The van der Waals surface area contributed by atoms with Crippen LogP contribution in [0.5, 0.6) is 0 Å². The van der Waals surface area contributed by atoms with Crippen LogP contribution in [0.4, 0.5) is 5.82 Å². The van der Waals surface area contributed by atoms with Crippen molar-refractivity contribution in [3.63, 3.8) is 0 Å². The number of rotatable bonds is 7. The Morgan fingerprint density at radius 1 is 1.03 bits per heavy atom. The van der Waals surface area contributed by atoms with Gasteiger partial charge in [-0.1, -0.05) is 24.3 Å². The number of nitrogens with zero attached hydrogens (tertiary/aromatic N) is 3. The fraction of sp³-hybridized carbons (Fsp3) is 0.476. The minimum atomic E-state index is -3.70. The van der Waals surface area contributed by atoms with E-state index in [1.807, 2.05) is 18.2 Å². The van der Waals surface area contributed by atoms with E-state index >= 15 is 0 Å². The molecular formula is C21H28N4O5S. The van der Waals surface area contributed by atoms with Gasteiger partial charge in [0.1, 0.15) is 18.0 Å². The van der Waals surface area contributed by atoms with E-state index in [1.54, 1.807) is 24.4 Å². The van der Waals surface area contributed by atoms with Gasteiger partial charge in [-0.15, -0.1) is 0 Å². The van der Waals surface area contributed by atoms with Crippen molar-refractivity contribution in [1.82, 2.24) is 14.6 Å². The maximum absolute atomic E-state index is 12.6. The lowest BCUT2D eigenvalue weighted by Crippen LogP contribution is -2.57. The summed E-state index contributed by atoms with van der Waals surface area (Å²) < 4.78 is 33.6. The molecule has 31 heavy (non-hydrogen) atoms. The molecule has 2 aromatic rings. The maximum atomic E-state index is 12.6. The minimum Gasteiger partial charge on any atom is -0.394 e. The number of ether oxygens (including phenoxy) is 1. The Labute approximate surface area is 182 Å². The first-order chi connectivity index (χ1) is 15.0. The average Bonchev–Trinajstić information content (AvgIpc) is 3.14. The minimum absolute atomic E-state index is 0.00983. The molecule has 1 aromatic heterocycles. The average molecular weight is 449 g/mol. The number of nitrogens with one attached hydrogen (secondary N) is 1. The zero-order valence-electron chi connectivity index (χ0n) is 17.1. The van der Waals surface area contributed by atoms with Crippen LogP contribution in [0.15, 0.2) is 59.6 Å². The summed E-state index contributed by atoms with van der Waals surface area (Å²) >= 11 is 0. The molecule has 4 rings (SSSR count). The summed E-state index contributed by atoms with van der Waals surface area (Å²) in [5.41, 5.74) is 0. The van der Waals surface area contributed by atoms with Crippen LogP contribution in [0.2, 0.25) is 0 Å². The summed E-state index contributed by atoms with van der Waals surface area (Å²) in [7, 11) is -3.70. The van der Waals surface area contributed by atoms with Crippen LogP contribution in [0.25, 0.3) is 0 Å². The standard InChI is InChI=1S/C21H28N4O5S/c26-15-18-21(27)20(25-12-10-24(11-13-25)19-8-4-5-9-22-19)17(30-18)14-23-31(28,29)16-6-2-1-3-7-16/h1-9,17-18,20-21,23,26-27H,10-15H2/t17-,18+,20+,21-/m1/s1. The lowest BCUT2D eigenvalue weighted by Gasteiger charge is -2.40. The van der Waals surface area contributed by atoms with Gasteiger partial charge in [0.25, 0.3) is 0 Å². The number of aliphatic hydroxyl groups is 2. The number of sulfonamides is 1. The number of piperazine rings is 1. The molecule has 2 fully saturated rings. The molecule has 0 aliphatic carbocycles. The fourth-order valence-corrected chi connectivity index (χ4v) is 5.33. The predicted octanol–water partition coefficient (Wildman–Crippen LogP) is -0.329. The number of aromatic nitrogens is 1. The smallest absolute Gasteiger partial charge is 0.240 e. The number of aliphatic hydroxyl groups excluding tert-OH is 2. The van der Waals surface area contributed by atoms with Gasteiger partial charge >= 0.3 is 0 Å². The maximum Gasteiger partial charge on any atom is 0.240 e. The van der Waals surface area contributed by atoms with Gasteiger partial charge < -0.3 is 19.8 Å². The third-order valence-electron chi connectivity index (χ3n) is 5.88. The molecule has 168 valence electrons. The van der Waals surface area contributed by atoms with Crippen molar-refractivity contribution in [2.75, 3.05) is 44.2 Å². The first-order valence-electron chi connectivity index (χ1n) is 10.4. The Morgan fingerprint density at radius 3 is 2.39 bits per heavy atom. The van der Waals surface area contributed by atoms with Crippen molar-refractivity contribution >= 4 is 15.8 Å². The van der Waals surface area contributed by atoms with E-state index in [-0.39, 0.29) is 18.0 Å². The van der Waals surface area contributed by atoms with Gasteiger partial charge in [0.15, 0.2) is 0 Å². The lowest BCUT2D eigenvalue weighted by atomic mass is 10.0. The number of hydrogen-bond donors (Lipinski definition) is 3. The largest absolute Gasteiger partial charge is 0.394 e. The van der Waals surface area contributed by atoms with Crippen LogP contribution in [0, 0.1) is 0 Å². The van der Waals surface area contributed by atoms with Crippen LogP contribution in [-0.2, 0) is 14.8 Å². The molecule has 0 bridgehead atoms. The highest BCUT2D eigenvalue weighted by Crippen LogP contribution is 2.27. The number of anilines is 1. The second kappa shape index (κ2) is 9.60. The van der Waals surface area contributed by atoms with Crippen molar-refractivity contribution in [2.24, 2.45) is 0 Å². The molecule has 0 spiro atoms. The van der Waals surface area contributed by atoms with E-state index in [1.165, 1.54) is 12.1 Å². The van der Waals surface area contributed by atoms with Crippen molar-refractivity contribution in [1.29, 1.82) is 0 Å². The molecule has 0 saturated carbocycles. The van der Waals surface area contributed by atoms with Gasteiger partial charge in [0.05, 0.1) is 23.6 Å². The van der Waals surface area contributed by atoms with Crippen LogP contribution in [-0.4, -0.2) is 92.2 Å². The Kier molecular flexibility index (Phi) is 6.85. The molecule has 3 heterocycles. The van der Waals surface area contributed by atoms with Gasteiger partial charge in [-0.2, -0.15) is 0 Å². The Hall–Kier alpha value is -2.08. The fourth-order valence-electron chi connectivity index (χ4n) is 4.26. The van der Waals surface area contributed by atoms with Crippen molar-refractivity contribution < 1.29 is 23.4 Å². The number of hydrogen-bond acceptors (Lipinski definition) is 8. The van der Waals surface area contributed by atoms with Crippen molar-refractivity contribution in [3.8, 4) is 0 Å². The van der Waals surface area contributed by atoms with Crippen LogP contribution in [0.3, 0.4) is 0 Å². The summed E-state index contributed by atoms with van der Waals surface area (Å²) in [6.07, 6.45) is -0.466. The molecule has 3 N–H and O–H groups in total. The van der Waals surface area contributed by atoms with E-state index in [2.05, 4.69) is 19.5 Å². The molecule has 2 aliphatic rings. The number of pyridine rings is 1. The third kappa shape index (κ3) is 4.89.